The highest BCUT2D eigenvalue weighted by atomic mass is 16.3. The summed E-state index contributed by atoms with van der Waals surface area (Å²) in [6, 6.07) is 9.52. The Bertz CT molecular complexity index is 241. The molecule has 0 amide bonds. The summed E-state index contributed by atoms with van der Waals surface area (Å²) in [5.41, 5.74) is 0.892. The van der Waals surface area contributed by atoms with Crippen LogP contribution in [0.25, 0.3) is 0 Å². The first-order valence-electron chi connectivity index (χ1n) is 3.50. The Morgan fingerprint density at radius 3 is 2.55 bits per heavy atom. The summed E-state index contributed by atoms with van der Waals surface area (Å²) in [4.78, 5) is 0. The third-order valence-electron chi connectivity index (χ3n) is 1.32. The van der Waals surface area contributed by atoms with Gasteiger partial charge in [-0.3, -0.25) is 0 Å². The van der Waals surface area contributed by atoms with Gasteiger partial charge in [0.1, 0.15) is 0 Å². The van der Waals surface area contributed by atoms with Gasteiger partial charge in [-0.2, -0.15) is 0 Å². The lowest BCUT2D eigenvalue weighted by molar-refractivity contribution is 0.418. The Kier molecular flexibility index (Phi) is 2.55. The van der Waals surface area contributed by atoms with Gasteiger partial charge in [0.05, 0.1) is 0 Å². The van der Waals surface area contributed by atoms with Crippen molar-refractivity contribution in [1.82, 2.24) is 0 Å². The van der Waals surface area contributed by atoms with E-state index in [0.29, 0.717) is 0 Å². The Morgan fingerprint density at radius 2 is 2.00 bits per heavy atom. The molecule has 0 bridgehead atoms. The van der Waals surface area contributed by atoms with Crippen LogP contribution in [0.1, 0.15) is 6.92 Å². The summed E-state index contributed by atoms with van der Waals surface area (Å²) < 4.78 is 0. The van der Waals surface area contributed by atoms with Gasteiger partial charge in [0, 0.05) is 5.69 Å². The molecule has 1 aromatic rings. The van der Waals surface area contributed by atoms with E-state index in [1.165, 1.54) is 0 Å². The van der Waals surface area contributed by atoms with E-state index in [1.54, 1.807) is 13.0 Å². The lowest BCUT2D eigenvalue weighted by Crippen LogP contribution is -1.96. The maximum Gasteiger partial charge on any atom is 0.184 e. The number of benzene rings is 1. The number of aliphatic hydroxyl groups excluding tert-OH is 1. The molecule has 1 aromatic carbocycles. The fourth-order valence-electron chi connectivity index (χ4n) is 0.742. The first-order valence-corrected chi connectivity index (χ1v) is 3.50. The number of allylic oxidation sites excluding steroid dienone is 1. The number of nitrogens with one attached hydrogen (secondary N) is 1. The molecule has 0 unspecified atom stereocenters. The first-order chi connectivity index (χ1) is 5.33. The molecule has 58 valence electrons. The maximum atomic E-state index is 9.06. The Morgan fingerprint density at radius 1 is 1.36 bits per heavy atom. The highest BCUT2D eigenvalue weighted by Gasteiger charge is 1.89. The summed E-state index contributed by atoms with van der Waals surface area (Å²) in [6.07, 6.45) is 1.60. The molecule has 0 saturated heterocycles. The van der Waals surface area contributed by atoms with Crippen molar-refractivity contribution in [1.29, 1.82) is 0 Å². The molecule has 0 saturated carbocycles. The van der Waals surface area contributed by atoms with Gasteiger partial charge in [-0.05, 0) is 25.1 Å². The predicted molar refractivity (Wildman–Crippen MR) is 46.5 cm³/mol. The molecule has 2 N–H and O–H groups in total. The number of aliphatic hydroxyl groups is 1. The van der Waals surface area contributed by atoms with Crippen LogP contribution < -0.4 is 5.32 Å². The van der Waals surface area contributed by atoms with Gasteiger partial charge in [-0.1, -0.05) is 18.2 Å². The van der Waals surface area contributed by atoms with Crippen molar-refractivity contribution in [3.63, 3.8) is 0 Å². The van der Waals surface area contributed by atoms with Crippen molar-refractivity contribution in [2.75, 3.05) is 5.32 Å². The molecule has 0 fully saturated rings. The van der Waals surface area contributed by atoms with E-state index in [9.17, 15) is 0 Å². The molecule has 11 heavy (non-hydrogen) atoms. The maximum absolute atomic E-state index is 9.06. The molecule has 0 heterocycles. The SMILES string of the molecule is CC=C(O)Nc1ccccc1. The summed E-state index contributed by atoms with van der Waals surface area (Å²) in [7, 11) is 0. The van der Waals surface area contributed by atoms with Gasteiger partial charge in [0.15, 0.2) is 5.88 Å². The molecule has 0 aromatic heterocycles. The van der Waals surface area contributed by atoms with Gasteiger partial charge >= 0.3 is 0 Å². The molecule has 2 nitrogen and oxygen atoms in total. The molecule has 0 atom stereocenters. The summed E-state index contributed by atoms with van der Waals surface area (Å²) in [5, 5.41) is 11.9. The molecule has 1 rings (SSSR count). The molecule has 2 heteroatoms. The van der Waals surface area contributed by atoms with Crippen LogP contribution in [0.2, 0.25) is 0 Å². The van der Waals surface area contributed by atoms with Gasteiger partial charge in [-0.25, -0.2) is 0 Å². The van der Waals surface area contributed by atoms with Crippen molar-refractivity contribution in [2.45, 2.75) is 6.92 Å². The second kappa shape index (κ2) is 3.66. The zero-order valence-corrected chi connectivity index (χ0v) is 6.41. The van der Waals surface area contributed by atoms with Crippen LogP contribution >= 0.6 is 0 Å². The minimum atomic E-state index is 0.177. The molecular weight excluding hydrogens is 138 g/mol. The molecule has 0 radical (unpaired) electrons. The van der Waals surface area contributed by atoms with Crippen molar-refractivity contribution in [3.8, 4) is 0 Å². The van der Waals surface area contributed by atoms with E-state index in [4.69, 9.17) is 5.11 Å². The third-order valence-corrected chi connectivity index (χ3v) is 1.32. The highest BCUT2D eigenvalue weighted by Crippen LogP contribution is 2.06. The van der Waals surface area contributed by atoms with Crippen LogP contribution in [0.3, 0.4) is 0 Å². The minimum absolute atomic E-state index is 0.177. The standard InChI is InChI=1S/C9H11NO/c1-2-9(11)10-8-6-4-3-5-7-8/h2-7,10-11H,1H3. The molecule has 0 aliphatic heterocycles. The normalized spacial score (nSPS) is 11.2. The van der Waals surface area contributed by atoms with Crippen LogP contribution in [0.4, 0.5) is 5.69 Å². The lowest BCUT2D eigenvalue weighted by Gasteiger charge is -2.02. The average molecular weight is 149 g/mol. The molecule has 0 aliphatic carbocycles. The van der Waals surface area contributed by atoms with Crippen molar-refractivity contribution in [3.05, 3.63) is 42.3 Å². The molecule has 0 spiro atoms. The number of para-hydroxylation sites is 1. The zero-order valence-electron chi connectivity index (χ0n) is 6.41. The quantitative estimate of drug-likeness (QED) is 0.633. The van der Waals surface area contributed by atoms with E-state index in [0.717, 1.165) is 5.69 Å². The number of hydrogen-bond acceptors (Lipinski definition) is 2. The van der Waals surface area contributed by atoms with Gasteiger partial charge < -0.3 is 10.4 Å². The Labute approximate surface area is 66.2 Å². The fourth-order valence-corrected chi connectivity index (χ4v) is 0.742. The largest absolute Gasteiger partial charge is 0.495 e. The highest BCUT2D eigenvalue weighted by molar-refractivity contribution is 5.46. The van der Waals surface area contributed by atoms with Crippen LogP contribution in [-0.4, -0.2) is 5.11 Å². The summed E-state index contributed by atoms with van der Waals surface area (Å²) in [5.74, 6) is 0.177. The summed E-state index contributed by atoms with van der Waals surface area (Å²) in [6.45, 7) is 1.77. The number of anilines is 1. The fraction of sp³-hybridized carbons (Fsp3) is 0.111. The topological polar surface area (TPSA) is 32.3 Å². The second-order valence-corrected chi connectivity index (χ2v) is 2.16. The van der Waals surface area contributed by atoms with Gasteiger partial charge in [0.25, 0.3) is 0 Å². The number of rotatable bonds is 2. The van der Waals surface area contributed by atoms with Gasteiger partial charge in [-0.15, -0.1) is 0 Å². The van der Waals surface area contributed by atoms with Crippen LogP contribution in [0.15, 0.2) is 42.3 Å². The third kappa shape index (κ3) is 2.34. The molecule has 0 aliphatic rings. The van der Waals surface area contributed by atoms with Crippen LogP contribution in [-0.2, 0) is 0 Å². The molecular formula is C9H11NO. The number of hydrogen-bond donors (Lipinski definition) is 2. The predicted octanol–water partition coefficient (Wildman–Crippen LogP) is 2.52. The van der Waals surface area contributed by atoms with E-state index in [2.05, 4.69) is 5.32 Å². The van der Waals surface area contributed by atoms with Crippen molar-refractivity contribution >= 4 is 5.69 Å². The van der Waals surface area contributed by atoms with Gasteiger partial charge in [0.2, 0.25) is 0 Å². The monoisotopic (exact) mass is 149 g/mol. The van der Waals surface area contributed by atoms with Crippen molar-refractivity contribution < 1.29 is 5.11 Å². The summed E-state index contributed by atoms with van der Waals surface area (Å²) >= 11 is 0. The van der Waals surface area contributed by atoms with E-state index in [-0.39, 0.29) is 5.88 Å². The van der Waals surface area contributed by atoms with E-state index >= 15 is 0 Å². The van der Waals surface area contributed by atoms with Crippen molar-refractivity contribution in [2.24, 2.45) is 0 Å². The van der Waals surface area contributed by atoms with E-state index in [1.807, 2.05) is 30.3 Å². The minimum Gasteiger partial charge on any atom is -0.495 e. The Balaban J connectivity index is 2.65. The zero-order chi connectivity index (χ0) is 8.10. The Hall–Kier alpha value is -1.44. The van der Waals surface area contributed by atoms with E-state index < -0.39 is 0 Å². The average Bonchev–Trinajstić information content (AvgIpc) is 2.06. The van der Waals surface area contributed by atoms with Crippen LogP contribution in [0.5, 0.6) is 0 Å². The van der Waals surface area contributed by atoms with Crippen LogP contribution in [0, 0.1) is 0 Å². The smallest absolute Gasteiger partial charge is 0.184 e. The second-order valence-electron chi connectivity index (χ2n) is 2.16. The lowest BCUT2D eigenvalue weighted by atomic mass is 10.3. The first kappa shape index (κ1) is 7.66.